The molecule has 0 spiro atoms. The second-order valence-corrected chi connectivity index (χ2v) is 10.3. The Morgan fingerprint density at radius 2 is 2.00 bits per heavy atom. The Hall–Kier alpha value is -3.56. The van der Waals surface area contributed by atoms with Gasteiger partial charge in [-0.05, 0) is 56.4 Å². The summed E-state index contributed by atoms with van der Waals surface area (Å²) in [5, 5.41) is 16.4. The largest absolute Gasteiger partial charge is 0.341 e. The van der Waals surface area contributed by atoms with Gasteiger partial charge in [-0.2, -0.15) is 5.10 Å². The van der Waals surface area contributed by atoms with Crippen LogP contribution in [-0.2, 0) is 19.0 Å². The van der Waals surface area contributed by atoms with E-state index in [1.807, 2.05) is 36.9 Å². The molecule has 1 N–H and O–H groups in total. The standard InChI is InChI=1S/C26H30F2N8/c1-16-14-29-21(31-22-6-10-30-34(22)4)13-19(16)18-12-20-23-32-33-24(26(8-5-9-26)25(3,27)28)35(23)11-7-17(2)36(20)15-18/h6,10,12-15,17H,5,7-9,11H2,1-4H3,(H,29,31). The van der Waals surface area contributed by atoms with E-state index in [1.54, 1.807) is 10.9 Å². The van der Waals surface area contributed by atoms with Crippen LogP contribution >= 0.6 is 0 Å². The molecule has 1 fully saturated rings. The van der Waals surface area contributed by atoms with Crippen molar-refractivity contribution in [3.63, 3.8) is 0 Å². The Bertz CT molecular complexity index is 1440. The Morgan fingerprint density at radius 3 is 2.67 bits per heavy atom. The predicted octanol–water partition coefficient (Wildman–Crippen LogP) is 5.64. The summed E-state index contributed by atoms with van der Waals surface area (Å²) in [6.45, 7) is 5.85. The predicted molar refractivity (Wildman–Crippen MR) is 133 cm³/mol. The number of hydrogen-bond acceptors (Lipinski definition) is 5. The van der Waals surface area contributed by atoms with Crippen LogP contribution in [0.25, 0.3) is 22.6 Å². The van der Waals surface area contributed by atoms with Gasteiger partial charge >= 0.3 is 0 Å². The van der Waals surface area contributed by atoms with Gasteiger partial charge in [0.2, 0.25) is 0 Å². The molecule has 8 nitrogen and oxygen atoms in total. The minimum atomic E-state index is -2.84. The van der Waals surface area contributed by atoms with E-state index in [4.69, 9.17) is 0 Å². The highest BCUT2D eigenvalue weighted by atomic mass is 19.3. The van der Waals surface area contributed by atoms with Gasteiger partial charge in [-0.1, -0.05) is 6.42 Å². The SMILES string of the molecule is Cc1cnc(Nc2ccnn2C)cc1-c1cc2n(c1)C(C)CCn1c-2nnc1C1(C(C)(F)F)CCC1. The third-order valence-corrected chi connectivity index (χ3v) is 8.04. The second kappa shape index (κ2) is 7.97. The van der Waals surface area contributed by atoms with Crippen molar-refractivity contribution in [1.82, 2.24) is 34.1 Å². The summed E-state index contributed by atoms with van der Waals surface area (Å²) >= 11 is 0. The van der Waals surface area contributed by atoms with E-state index >= 15 is 0 Å². The summed E-state index contributed by atoms with van der Waals surface area (Å²) in [5.41, 5.74) is 2.80. The molecule has 5 heterocycles. The lowest BCUT2D eigenvalue weighted by atomic mass is 9.64. The summed E-state index contributed by atoms with van der Waals surface area (Å²) in [6, 6.07) is 6.21. The van der Waals surface area contributed by atoms with Crippen molar-refractivity contribution in [2.75, 3.05) is 5.32 Å². The van der Waals surface area contributed by atoms with Gasteiger partial charge in [0, 0.05) is 50.6 Å². The van der Waals surface area contributed by atoms with Gasteiger partial charge in [0.1, 0.15) is 17.5 Å². The fraction of sp³-hybridized carbons (Fsp3) is 0.462. The lowest BCUT2D eigenvalue weighted by Gasteiger charge is -2.44. The first kappa shape index (κ1) is 22.9. The Morgan fingerprint density at radius 1 is 1.19 bits per heavy atom. The smallest absolute Gasteiger partial charge is 0.257 e. The molecule has 10 heteroatoms. The zero-order valence-electron chi connectivity index (χ0n) is 21.0. The van der Waals surface area contributed by atoms with Crippen LogP contribution in [0.1, 0.15) is 57.0 Å². The van der Waals surface area contributed by atoms with Gasteiger partial charge in [0.15, 0.2) is 5.82 Å². The van der Waals surface area contributed by atoms with Crippen LogP contribution in [0.2, 0.25) is 0 Å². The van der Waals surface area contributed by atoms with Crippen LogP contribution in [0.4, 0.5) is 20.4 Å². The first-order valence-corrected chi connectivity index (χ1v) is 12.4. The number of aromatic nitrogens is 7. The van der Waals surface area contributed by atoms with E-state index in [0.29, 0.717) is 31.0 Å². The molecule has 1 saturated carbocycles. The third kappa shape index (κ3) is 3.37. The Labute approximate surface area is 208 Å². The number of aryl methyl sites for hydroxylation is 2. The maximum Gasteiger partial charge on any atom is 0.257 e. The van der Waals surface area contributed by atoms with E-state index in [1.165, 1.54) is 0 Å². The maximum atomic E-state index is 14.8. The number of alkyl halides is 2. The molecule has 36 heavy (non-hydrogen) atoms. The molecule has 0 amide bonds. The van der Waals surface area contributed by atoms with E-state index < -0.39 is 11.3 Å². The lowest BCUT2D eigenvalue weighted by Crippen LogP contribution is -2.50. The third-order valence-electron chi connectivity index (χ3n) is 8.04. The molecule has 1 atom stereocenters. The highest BCUT2D eigenvalue weighted by Crippen LogP contribution is 2.54. The number of rotatable bonds is 5. The second-order valence-electron chi connectivity index (χ2n) is 10.3. The first-order valence-electron chi connectivity index (χ1n) is 12.4. The van der Waals surface area contributed by atoms with Crippen LogP contribution in [0.5, 0.6) is 0 Å². The normalized spacial score (nSPS) is 18.8. The van der Waals surface area contributed by atoms with Crippen molar-refractivity contribution < 1.29 is 8.78 Å². The molecule has 0 bridgehead atoms. The maximum absolute atomic E-state index is 14.8. The highest BCUT2D eigenvalue weighted by molar-refractivity contribution is 5.75. The summed E-state index contributed by atoms with van der Waals surface area (Å²) in [6.07, 6.45) is 8.21. The molecule has 1 unspecified atom stereocenters. The number of nitrogens with one attached hydrogen (secondary N) is 1. The molecule has 4 aromatic heterocycles. The molecule has 1 aliphatic carbocycles. The lowest BCUT2D eigenvalue weighted by molar-refractivity contribution is -0.102. The zero-order valence-corrected chi connectivity index (χ0v) is 21.0. The van der Waals surface area contributed by atoms with Crippen LogP contribution in [-0.4, -0.2) is 40.0 Å². The first-order chi connectivity index (χ1) is 17.2. The quantitative estimate of drug-likeness (QED) is 0.390. The molecule has 4 aromatic rings. The zero-order chi connectivity index (χ0) is 25.2. The average Bonchev–Trinajstić information content (AvgIpc) is 3.49. The van der Waals surface area contributed by atoms with Crippen molar-refractivity contribution in [3.05, 3.63) is 48.2 Å². The van der Waals surface area contributed by atoms with Crippen molar-refractivity contribution in [1.29, 1.82) is 0 Å². The van der Waals surface area contributed by atoms with Crippen LogP contribution in [0, 0.1) is 6.92 Å². The number of hydrogen-bond donors (Lipinski definition) is 1. The number of fused-ring (bicyclic) bond motifs is 3. The van der Waals surface area contributed by atoms with E-state index in [-0.39, 0.29) is 6.04 Å². The van der Waals surface area contributed by atoms with Gasteiger partial charge in [0.25, 0.3) is 5.92 Å². The van der Waals surface area contributed by atoms with Crippen LogP contribution < -0.4 is 5.32 Å². The molecule has 0 radical (unpaired) electrons. The summed E-state index contributed by atoms with van der Waals surface area (Å²) in [5.74, 6) is -0.183. The van der Waals surface area contributed by atoms with E-state index in [0.717, 1.165) is 53.8 Å². The van der Waals surface area contributed by atoms with Gasteiger partial charge < -0.3 is 14.5 Å². The molecular weight excluding hydrogens is 462 g/mol. The number of pyridine rings is 1. The monoisotopic (exact) mass is 492 g/mol. The molecule has 188 valence electrons. The average molecular weight is 493 g/mol. The van der Waals surface area contributed by atoms with Gasteiger partial charge in [0.05, 0.1) is 17.3 Å². The molecule has 2 aliphatic rings. The van der Waals surface area contributed by atoms with Crippen molar-refractivity contribution in [2.45, 2.75) is 70.4 Å². The van der Waals surface area contributed by atoms with Crippen molar-refractivity contribution >= 4 is 11.6 Å². The van der Waals surface area contributed by atoms with E-state index in [2.05, 4.69) is 49.4 Å². The summed E-state index contributed by atoms with van der Waals surface area (Å²) in [7, 11) is 1.87. The van der Waals surface area contributed by atoms with Gasteiger partial charge in [-0.25, -0.2) is 13.8 Å². The number of halogens is 2. The number of anilines is 2. The van der Waals surface area contributed by atoms with Crippen molar-refractivity contribution in [3.8, 4) is 22.6 Å². The molecule has 1 aliphatic heterocycles. The fourth-order valence-corrected chi connectivity index (χ4v) is 5.60. The minimum Gasteiger partial charge on any atom is -0.341 e. The van der Waals surface area contributed by atoms with Crippen LogP contribution in [0.15, 0.2) is 36.8 Å². The molecule has 0 aromatic carbocycles. The summed E-state index contributed by atoms with van der Waals surface area (Å²) < 4.78 is 35.5. The Kier molecular flexibility index (Phi) is 5.07. The fourth-order valence-electron chi connectivity index (χ4n) is 5.60. The number of nitrogens with zero attached hydrogens (tertiary/aromatic N) is 7. The topological polar surface area (TPSA) is 78.4 Å². The molecule has 6 rings (SSSR count). The molecular formula is C26H30F2N8. The van der Waals surface area contributed by atoms with Gasteiger partial charge in [-0.15, -0.1) is 10.2 Å². The summed E-state index contributed by atoms with van der Waals surface area (Å²) in [4.78, 5) is 4.54. The Balaban J connectivity index is 1.43. The van der Waals surface area contributed by atoms with Crippen molar-refractivity contribution in [2.24, 2.45) is 7.05 Å². The minimum absolute atomic E-state index is 0.192. The van der Waals surface area contributed by atoms with Gasteiger partial charge in [-0.3, -0.25) is 4.68 Å². The highest BCUT2D eigenvalue weighted by Gasteiger charge is 2.58. The molecule has 0 saturated heterocycles. The van der Waals surface area contributed by atoms with Crippen LogP contribution in [0.3, 0.4) is 0 Å². The van der Waals surface area contributed by atoms with E-state index in [9.17, 15) is 8.78 Å².